The number of halogens is 2. The Kier molecular flexibility index (Phi) is 4.14. The van der Waals surface area contributed by atoms with Crippen LogP contribution < -0.4 is 11.1 Å². The van der Waals surface area contributed by atoms with Gasteiger partial charge in [-0.3, -0.25) is 4.79 Å². The van der Waals surface area contributed by atoms with Gasteiger partial charge in [0.1, 0.15) is 0 Å². The molecular weight excluding hydrogens is 250 g/mol. The maximum absolute atomic E-state index is 13.1. The topological polar surface area (TPSA) is 55.1 Å². The predicted octanol–water partition coefficient (Wildman–Crippen LogP) is 2.27. The number of amides is 1. The first-order chi connectivity index (χ1) is 8.97. The van der Waals surface area contributed by atoms with Gasteiger partial charge in [0.05, 0.1) is 6.04 Å². The smallest absolute Gasteiger partial charge is 0.223 e. The van der Waals surface area contributed by atoms with Gasteiger partial charge in [0.2, 0.25) is 5.91 Å². The number of benzene rings is 1. The zero-order chi connectivity index (χ0) is 14.0. The van der Waals surface area contributed by atoms with E-state index >= 15 is 0 Å². The Morgan fingerprint density at radius 1 is 1.37 bits per heavy atom. The summed E-state index contributed by atoms with van der Waals surface area (Å²) in [7, 11) is 0. The molecule has 3 N–H and O–H groups in total. The summed E-state index contributed by atoms with van der Waals surface area (Å²) in [5, 5.41) is 2.82. The fraction of sp³-hybridized carbons (Fsp3) is 0.500. The highest BCUT2D eigenvalue weighted by atomic mass is 19.2. The number of nitrogens with two attached hydrogens (primary N) is 1. The Balaban J connectivity index is 1.98. The van der Waals surface area contributed by atoms with Crippen molar-refractivity contribution in [3.05, 3.63) is 35.4 Å². The first-order valence-electron chi connectivity index (χ1n) is 6.48. The SMILES string of the molecule is CC(NC(=O)C1CCC(N)C1)c1ccc(F)c(F)c1. The minimum Gasteiger partial charge on any atom is -0.349 e. The average molecular weight is 268 g/mol. The van der Waals surface area contributed by atoms with E-state index in [0.29, 0.717) is 12.0 Å². The molecule has 1 aliphatic carbocycles. The summed E-state index contributed by atoms with van der Waals surface area (Å²) in [6.07, 6.45) is 2.34. The molecule has 0 heterocycles. The molecule has 1 aromatic rings. The Morgan fingerprint density at radius 2 is 2.11 bits per heavy atom. The van der Waals surface area contributed by atoms with Crippen LogP contribution in [0.3, 0.4) is 0 Å². The third-order valence-electron chi connectivity index (χ3n) is 3.65. The zero-order valence-electron chi connectivity index (χ0n) is 10.8. The van der Waals surface area contributed by atoms with Crippen LogP contribution in [-0.4, -0.2) is 11.9 Å². The Labute approximate surface area is 111 Å². The molecule has 1 amide bonds. The van der Waals surface area contributed by atoms with Crippen molar-refractivity contribution in [3.63, 3.8) is 0 Å². The Hall–Kier alpha value is -1.49. The molecule has 0 bridgehead atoms. The quantitative estimate of drug-likeness (QED) is 0.883. The molecule has 19 heavy (non-hydrogen) atoms. The summed E-state index contributed by atoms with van der Waals surface area (Å²) in [4.78, 5) is 12.0. The molecule has 0 radical (unpaired) electrons. The lowest BCUT2D eigenvalue weighted by Crippen LogP contribution is -2.32. The third-order valence-corrected chi connectivity index (χ3v) is 3.65. The summed E-state index contributed by atoms with van der Waals surface area (Å²) < 4.78 is 26.0. The number of rotatable bonds is 3. The van der Waals surface area contributed by atoms with Crippen LogP contribution in [-0.2, 0) is 4.79 Å². The van der Waals surface area contributed by atoms with Crippen molar-refractivity contribution in [1.82, 2.24) is 5.32 Å². The molecule has 0 saturated heterocycles. The van der Waals surface area contributed by atoms with E-state index in [1.807, 2.05) is 0 Å². The van der Waals surface area contributed by atoms with Gasteiger partial charge >= 0.3 is 0 Å². The molecule has 3 atom stereocenters. The summed E-state index contributed by atoms with van der Waals surface area (Å²) in [5.74, 6) is -1.92. The van der Waals surface area contributed by atoms with E-state index in [1.165, 1.54) is 6.07 Å². The maximum Gasteiger partial charge on any atom is 0.223 e. The van der Waals surface area contributed by atoms with E-state index in [1.54, 1.807) is 6.92 Å². The van der Waals surface area contributed by atoms with Crippen molar-refractivity contribution < 1.29 is 13.6 Å². The van der Waals surface area contributed by atoms with Crippen LogP contribution >= 0.6 is 0 Å². The average Bonchev–Trinajstić information content (AvgIpc) is 2.79. The Bertz CT molecular complexity index is 479. The molecule has 1 aliphatic rings. The van der Waals surface area contributed by atoms with Crippen LogP contribution in [0.2, 0.25) is 0 Å². The van der Waals surface area contributed by atoms with Gasteiger partial charge in [0.25, 0.3) is 0 Å². The highest BCUT2D eigenvalue weighted by Gasteiger charge is 2.28. The zero-order valence-corrected chi connectivity index (χ0v) is 10.8. The van der Waals surface area contributed by atoms with E-state index in [9.17, 15) is 13.6 Å². The van der Waals surface area contributed by atoms with Crippen molar-refractivity contribution in [2.45, 2.75) is 38.3 Å². The minimum absolute atomic E-state index is 0.0646. The molecular formula is C14H18F2N2O. The van der Waals surface area contributed by atoms with Crippen molar-refractivity contribution in [3.8, 4) is 0 Å². The summed E-state index contributed by atoms with van der Waals surface area (Å²) >= 11 is 0. The lowest BCUT2D eigenvalue weighted by molar-refractivity contribution is -0.125. The fourth-order valence-corrected chi connectivity index (χ4v) is 2.45. The molecule has 1 aromatic carbocycles. The largest absolute Gasteiger partial charge is 0.349 e. The van der Waals surface area contributed by atoms with Crippen LogP contribution in [0.15, 0.2) is 18.2 Å². The van der Waals surface area contributed by atoms with Crippen LogP contribution in [0.5, 0.6) is 0 Å². The lowest BCUT2D eigenvalue weighted by atomic mass is 10.0. The summed E-state index contributed by atoms with van der Waals surface area (Å²) in [5.41, 5.74) is 6.32. The molecule has 3 unspecified atom stereocenters. The van der Waals surface area contributed by atoms with E-state index in [2.05, 4.69) is 5.32 Å². The van der Waals surface area contributed by atoms with Gasteiger partial charge in [-0.25, -0.2) is 8.78 Å². The van der Waals surface area contributed by atoms with Crippen molar-refractivity contribution in [2.75, 3.05) is 0 Å². The number of nitrogens with one attached hydrogen (secondary N) is 1. The van der Waals surface area contributed by atoms with E-state index < -0.39 is 11.6 Å². The number of carbonyl (C=O) groups excluding carboxylic acids is 1. The van der Waals surface area contributed by atoms with Gasteiger partial charge in [0.15, 0.2) is 11.6 Å². The highest BCUT2D eigenvalue weighted by Crippen LogP contribution is 2.25. The maximum atomic E-state index is 13.1. The van der Waals surface area contributed by atoms with Crippen LogP contribution in [0.1, 0.15) is 37.8 Å². The number of carbonyl (C=O) groups is 1. The van der Waals surface area contributed by atoms with Gasteiger partial charge in [0, 0.05) is 12.0 Å². The molecule has 3 nitrogen and oxygen atoms in total. The molecule has 104 valence electrons. The van der Waals surface area contributed by atoms with E-state index in [-0.39, 0.29) is 23.9 Å². The van der Waals surface area contributed by atoms with Gasteiger partial charge in [-0.1, -0.05) is 6.07 Å². The fourth-order valence-electron chi connectivity index (χ4n) is 2.45. The standard InChI is InChI=1S/C14H18F2N2O/c1-8(9-3-5-12(15)13(16)7-9)18-14(19)10-2-4-11(17)6-10/h3,5,7-8,10-11H,2,4,6,17H2,1H3,(H,18,19). The lowest BCUT2D eigenvalue weighted by Gasteiger charge is -2.17. The van der Waals surface area contributed by atoms with Gasteiger partial charge < -0.3 is 11.1 Å². The summed E-state index contributed by atoms with van der Waals surface area (Å²) in [6, 6.07) is 3.40. The molecule has 5 heteroatoms. The number of hydrogen-bond acceptors (Lipinski definition) is 2. The first kappa shape index (κ1) is 13.9. The highest BCUT2D eigenvalue weighted by molar-refractivity contribution is 5.79. The number of hydrogen-bond donors (Lipinski definition) is 2. The molecule has 1 saturated carbocycles. The van der Waals surface area contributed by atoms with Gasteiger partial charge in [-0.2, -0.15) is 0 Å². The van der Waals surface area contributed by atoms with Crippen molar-refractivity contribution in [1.29, 1.82) is 0 Å². The Morgan fingerprint density at radius 3 is 2.68 bits per heavy atom. The second-order valence-corrected chi connectivity index (χ2v) is 5.17. The monoisotopic (exact) mass is 268 g/mol. The second kappa shape index (κ2) is 5.65. The molecule has 0 aromatic heterocycles. The second-order valence-electron chi connectivity index (χ2n) is 5.17. The van der Waals surface area contributed by atoms with Gasteiger partial charge in [-0.05, 0) is 43.9 Å². The summed E-state index contributed by atoms with van der Waals surface area (Å²) in [6.45, 7) is 1.75. The molecule has 2 rings (SSSR count). The van der Waals surface area contributed by atoms with Crippen molar-refractivity contribution in [2.24, 2.45) is 11.7 Å². The first-order valence-corrected chi connectivity index (χ1v) is 6.48. The molecule has 0 aliphatic heterocycles. The predicted molar refractivity (Wildman–Crippen MR) is 68.2 cm³/mol. The molecule has 0 spiro atoms. The normalized spacial score (nSPS) is 24.2. The molecule has 1 fully saturated rings. The van der Waals surface area contributed by atoms with Crippen LogP contribution in [0, 0.1) is 17.6 Å². The van der Waals surface area contributed by atoms with Crippen LogP contribution in [0.4, 0.5) is 8.78 Å². The van der Waals surface area contributed by atoms with E-state index in [0.717, 1.165) is 25.0 Å². The van der Waals surface area contributed by atoms with E-state index in [4.69, 9.17) is 5.73 Å². The van der Waals surface area contributed by atoms with Crippen molar-refractivity contribution >= 4 is 5.91 Å². The minimum atomic E-state index is -0.901. The van der Waals surface area contributed by atoms with Gasteiger partial charge in [-0.15, -0.1) is 0 Å². The third kappa shape index (κ3) is 3.29. The van der Waals surface area contributed by atoms with Crippen LogP contribution in [0.25, 0.3) is 0 Å².